The molecule has 1 aromatic rings. The summed E-state index contributed by atoms with van der Waals surface area (Å²) in [6.07, 6.45) is 2.17. The van der Waals surface area contributed by atoms with Crippen LogP contribution >= 0.6 is 0 Å². The lowest BCUT2D eigenvalue weighted by Crippen LogP contribution is -2.19. The zero-order chi connectivity index (χ0) is 11.4. The average Bonchev–Trinajstić information content (AvgIpc) is 2.17. The van der Waals surface area contributed by atoms with Crippen molar-refractivity contribution in [3.8, 4) is 0 Å². The van der Waals surface area contributed by atoms with Crippen molar-refractivity contribution in [1.29, 1.82) is 0 Å². The Balaban J connectivity index is 2.96. The van der Waals surface area contributed by atoms with Crippen LogP contribution in [-0.2, 0) is 0 Å². The molecule has 0 atom stereocenters. The Labute approximate surface area is 87.9 Å². The van der Waals surface area contributed by atoms with Gasteiger partial charge in [0.1, 0.15) is 17.7 Å². The Morgan fingerprint density at radius 2 is 2.33 bits per heavy atom. The van der Waals surface area contributed by atoms with Crippen LogP contribution in [0.25, 0.3) is 0 Å². The number of aromatic nitrogens is 1. The largest absolute Gasteiger partial charge is 0.393 e. The fourth-order valence-electron chi connectivity index (χ4n) is 1.26. The highest BCUT2D eigenvalue weighted by atomic mass is 16.6. The quantitative estimate of drug-likeness (QED) is 0.600. The molecular weight excluding hydrogens is 196 g/mol. The summed E-state index contributed by atoms with van der Waals surface area (Å²) in [5, 5.41) is 10.5. The lowest BCUT2D eigenvalue weighted by molar-refractivity contribution is -0.384. The molecule has 0 saturated heterocycles. The maximum Gasteiger partial charge on any atom is 0.310 e. The van der Waals surface area contributed by atoms with E-state index in [0.29, 0.717) is 5.82 Å². The molecule has 0 aromatic carbocycles. The molecule has 0 spiro atoms. The lowest BCUT2D eigenvalue weighted by atomic mass is 10.3. The van der Waals surface area contributed by atoms with E-state index in [1.54, 1.807) is 0 Å². The molecule has 0 radical (unpaired) electrons. The van der Waals surface area contributed by atoms with Crippen LogP contribution < -0.4 is 10.6 Å². The van der Waals surface area contributed by atoms with Gasteiger partial charge in [-0.1, -0.05) is 6.92 Å². The second-order valence-corrected chi connectivity index (χ2v) is 3.28. The van der Waals surface area contributed by atoms with Gasteiger partial charge in [0.25, 0.3) is 0 Å². The molecule has 0 bridgehead atoms. The van der Waals surface area contributed by atoms with Crippen LogP contribution in [-0.4, -0.2) is 23.5 Å². The smallest absolute Gasteiger partial charge is 0.310 e. The van der Waals surface area contributed by atoms with E-state index >= 15 is 0 Å². The number of nitrogens with two attached hydrogens (primary N) is 1. The van der Waals surface area contributed by atoms with Gasteiger partial charge in [0.15, 0.2) is 0 Å². The molecule has 1 aromatic heterocycles. The third-order valence-corrected chi connectivity index (χ3v) is 2.05. The Morgan fingerprint density at radius 1 is 1.67 bits per heavy atom. The number of hydrogen-bond donors (Lipinski definition) is 1. The highest BCUT2D eigenvalue weighted by molar-refractivity contribution is 5.62. The summed E-state index contributed by atoms with van der Waals surface area (Å²) in [5.74, 6) is 0.653. The maximum absolute atomic E-state index is 10.5. The third kappa shape index (κ3) is 2.55. The Kier molecular flexibility index (Phi) is 3.43. The number of nitrogens with zero attached hydrogens (tertiary/aromatic N) is 3. The van der Waals surface area contributed by atoms with E-state index in [1.807, 2.05) is 18.9 Å². The molecule has 15 heavy (non-hydrogen) atoms. The van der Waals surface area contributed by atoms with Crippen molar-refractivity contribution in [2.45, 2.75) is 13.3 Å². The predicted molar refractivity (Wildman–Crippen MR) is 58.9 cm³/mol. The van der Waals surface area contributed by atoms with Gasteiger partial charge in [-0.25, -0.2) is 4.98 Å². The average molecular weight is 210 g/mol. The zero-order valence-corrected chi connectivity index (χ0v) is 8.80. The van der Waals surface area contributed by atoms with Crippen LogP contribution in [0.5, 0.6) is 0 Å². The fourth-order valence-corrected chi connectivity index (χ4v) is 1.26. The summed E-state index contributed by atoms with van der Waals surface area (Å²) in [5.41, 5.74) is 5.54. The van der Waals surface area contributed by atoms with Gasteiger partial charge < -0.3 is 10.6 Å². The number of nitro groups is 1. The molecule has 0 aliphatic carbocycles. The molecule has 0 aliphatic rings. The lowest BCUT2D eigenvalue weighted by Gasteiger charge is -2.16. The summed E-state index contributed by atoms with van der Waals surface area (Å²) in [6.45, 7) is 2.88. The Bertz CT molecular complexity index is 367. The number of hydrogen-bond acceptors (Lipinski definition) is 5. The van der Waals surface area contributed by atoms with Crippen LogP contribution in [0, 0.1) is 10.1 Å². The molecular formula is C9H14N4O2. The minimum absolute atomic E-state index is 0.146. The van der Waals surface area contributed by atoms with Crippen molar-refractivity contribution in [2.75, 3.05) is 24.2 Å². The van der Waals surface area contributed by atoms with Crippen LogP contribution in [0.3, 0.4) is 0 Å². The SMILES string of the molecule is CCCN(C)c1cc(N)c([N+](=O)[O-])cn1. The molecule has 2 N–H and O–H groups in total. The normalized spacial score (nSPS) is 10.0. The van der Waals surface area contributed by atoms with Crippen LogP contribution in [0.2, 0.25) is 0 Å². The third-order valence-electron chi connectivity index (χ3n) is 2.05. The van der Waals surface area contributed by atoms with Crippen molar-refractivity contribution >= 4 is 17.2 Å². The van der Waals surface area contributed by atoms with Gasteiger partial charge in [-0.05, 0) is 6.42 Å². The van der Waals surface area contributed by atoms with Crippen LogP contribution in [0.15, 0.2) is 12.3 Å². The van der Waals surface area contributed by atoms with Crippen molar-refractivity contribution in [3.05, 3.63) is 22.4 Å². The van der Waals surface area contributed by atoms with Gasteiger partial charge in [0.05, 0.1) is 4.92 Å². The van der Waals surface area contributed by atoms with Gasteiger partial charge >= 0.3 is 5.69 Å². The summed E-state index contributed by atoms with van der Waals surface area (Å²) in [6, 6.07) is 1.52. The fraction of sp³-hybridized carbons (Fsp3) is 0.444. The van der Waals surface area contributed by atoms with Gasteiger partial charge in [-0.2, -0.15) is 0 Å². The first kappa shape index (κ1) is 11.2. The number of nitrogen functional groups attached to an aromatic ring is 1. The molecule has 0 saturated carbocycles. The number of anilines is 2. The Hall–Kier alpha value is -1.85. The minimum atomic E-state index is -0.536. The predicted octanol–water partition coefficient (Wildman–Crippen LogP) is 1.42. The van der Waals surface area contributed by atoms with E-state index < -0.39 is 4.92 Å². The molecule has 1 rings (SSSR count). The molecule has 6 heteroatoms. The van der Waals surface area contributed by atoms with Crippen molar-refractivity contribution in [3.63, 3.8) is 0 Å². The van der Waals surface area contributed by atoms with Crippen LogP contribution in [0.1, 0.15) is 13.3 Å². The molecule has 82 valence electrons. The molecule has 0 amide bonds. The molecule has 0 aliphatic heterocycles. The summed E-state index contributed by atoms with van der Waals surface area (Å²) >= 11 is 0. The van der Waals surface area contributed by atoms with Crippen molar-refractivity contribution in [2.24, 2.45) is 0 Å². The molecule has 0 unspecified atom stereocenters. The first-order valence-electron chi connectivity index (χ1n) is 4.67. The number of pyridine rings is 1. The topological polar surface area (TPSA) is 85.3 Å². The second-order valence-electron chi connectivity index (χ2n) is 3.28. The summed E-state index contributed by atoms with van der Waals surface area (Å²) in [4.78, 5) is 15.9. The van der Waals surface area contributed by atoms with Gasteiger partial charge in [-0.3, -0.25) is 10.1 Å². The summed E-state index contributed by atoms with van der Waals surface area (Å²) < 4.78 is 0. The molecule has 0 fully saturated rings. The highest BCUT2D eigenvalue weighted by Gasteiger charge is 2.13. The maximum atomic E-state index is 10.5. The first-order chi connectivity index (χ1) is 7.06. The van der Waals surface area contributed by atoms with Gasteiger partial charge in [0.2, 0.25) is 0 Å². The van der Waals surface area contributed by atoms with Gasteiger partial charge in [-0.15, -0.1) is 0 Å². The van der Waals surface area contributed by atoms with E-state index in [0.717, 1.165) is 13.0 Å². The monoisotopic (exact) mass is 210 g/mol. The van der Waals surface area contributed by atoms with E-state index in [4.69, 9.17) is 5.73 Å². The van der Waals surface area contributed by atoms with Gasteiger partial charge in [0, 0.05) is 19.7 Å². The van der Waals surface area contributed by atoms with E-state index in [2.05, 4.69) is 4.98 Å². The standard InChI is InChI=1S/C9H14N4O2/c1-3-4-12(2)9-5-7(10)8(6-11-9)13(14)15/h5-6H,3-4H2,1-2H3,(H2,10,11). The first-order valence-corrected chi connectivity index (χ1v) is 4.67. The van der Waals surface area contributed by atoms with Crippen molar-refractivity contribution < 1.29 is 4.92 Å². The Morgan fingerprint density at radius 3 is 2.80 bits per heavy atom. The second kappa shape index (κ2) is 4.59. The molecule has 6 nitrogen and oxygen atoms in total. The number of rotatable bonds is 4. The van der Waals surface area contributed by atoms with E-state index in [1.165, 1.54) is 12.3 Å². The highest BCUT2D eigenvalue weighted by Crippen LogP contribution is 2.23. The van der Waals surface area contributed by atoms with E-state index in [9.17, 15) is 10.1 Å². The van der Waals surface area contributed by atoms with E-state index in [-0.39, 0.29) is 11.4 Å². The van der Waals surface area contributed by atoms with Crippen molar-refractivity contribution in [1.82, 2.24) is 4.98 Å². The zero-order valence-electron chi connectivity index (χ0n) is 8.80. The summed E-state index contributed by atoms with van der Waals surface area (Å²) in [7, 11) is 1.87. The molecule has 1 heterocycles. The van der Waals surface area contributed by atoms with Crippen LogP contribution in [0.4, 0.5) is 17.2 Å². The minimum Gasteiger partial charge on any atom is -0.393 e.